The van der Waals surface area contributed by atoms with E-state index in [0.717, 1.165) is 0 Å². The van der Waals surface area contributed by atoms with Gasteiger partial charge >= 0.3 is 5.97 Å². The van der Waals surface area contributed by atoms with Gasteiger partial charge in [-0.25, -0.2) is 0 Å². The molecule has 0 bridgehead atoms. The zero-order valence-electron chi connectivity index (χ0n) is 8.66. The first-order valence-corrected chi connectivity index (χ1v) is 6.86. The molecule has 0 radical (unpaired) electrons. The summed E-state index contributed by atoms with van der Waals surface area (Å²) < 4.78 is 55.8. The van der Waals surface area contributed by atoms with Crippen molar-refractivity contribution >= 4 is 26.2 Å². The number of rotatable bonds is 0. The molecule has 0 atom stereocenters. The first-order chi connectivity index (χ1) is 6.27. The summed E-state index contributed by atoms with van der Waals surface area (Å²) in [5.41, 5.74) is 0. The van der Waals surface area contributed by atoms with Crippen molar-refractivity contribution in [3.63, 3.8) is 0 Å². The summed E-state index contributed by atoms with van der Waals surface area (Å²) in [4.78, 5) is 9.59. The minimum Gasteiger partial charge on any atom is -0.469 e. The molecule has 0 aliphatic heterocycles. The van der Waals surface area contributed by atoms with Gasteiger partial charge in [0, 0.05) is 6.92 Å². The summed E-state index contributed by atoms with van der Waals surface area (Å²) >= 11 is 0. The van der Waals surface area contributed by atoms with Gasteiger partial charge in [0.2, 0.25) is 0 Å². The van der Waals surface area contributed by atoms with Crippen molar-refractivity contribution < 1.29 is 35.5 Å². The van der Waals surface area contributed by atoms with Gasteiger partial charge in [-0.15, -0.1) is 0 Å². The highest BCUT2D eigenvalue weighted by Gasteiger charge is 1.82. The van der Waals surface area contributed by atoms with Crippen molar-refractivity contribution in [3.05, 3.63) is 0 Å². The maximum absolute atomic E-state index is 9.59. The molecule has 0 aliphatic rings. The van der Waals surface area contributed by atoms with E-state index >= 15 is 0 Å². The van der Waals surface area contributed by atoms with Gasteiger partial charge in [-0.1, -0.05) is 0 Å². The Hall–Kier alpha value is -0.710. The van der Waals surface area contributed by atoms with E-state index in [-0.39, 0.29) is 5.97 Å². The smallest absolute Gasteiger partial charge is 0.302 e. The van der Waals surface area contributed by atoms with Crippen LogP contribution in [0.2, 0.25) is 0 Å². The minimum absolute atomic E-state index is 0.245. The van der Waals surface area contributed by atoms with E-state index < -0.39 is 20.2 Å². The lowest BCUT2D eigenvalue weighted by Gasteiger charge is -1.80. The van der Waals surface area contributed by atoms with E-state index in [2.05, 4.69) is 4.74 Å². The van der Waals surface area contributed by atoms with Crippen LogP contribution in [0.15, 0.2) is 0 Å². The van der Waals surface area contributed by atoms with E-state index in [9.17, 15) is 21.6 Å². The van der Waals surface area contributed by atoms with Gasteiger partial charge < -0.3 is 4.74 Å². The summed E-state index contributed by atoms with van der Waals surface area (Å²) in [5.74, 6) is -0.245. The summed E-state index contributed by atoms with van der Waals surface area (Å²) in [6, 6.07) is 0. The van der Waals surface area contributed by atoms with Crippen LogP contribution >= 0.6 is 0 Å². The minimum atomic E-state index is -3.67. The van der Waals surface area contributed by atoms with Crippen LogP contribution in [0.4, 0.5) is 0 Å². The lowest BCUT2D eigenvalue weighted by molar-refractivity contribution is -0.137. The fourth-order valence-electron chi connectivity index (χ4n) is 0. The third-order valence-electron chi connectivity index (χ3n) is 0.287. The molecular formula is C5H14O8S2. The summed E-state index contributed by atoms with van der Waals surface area (Å²) in [6.45, 7) is 1.36. The second-order valence-electron chi connectivity index (χ2n) is 2.16. The summed E-state index contributed by atoms with van der Waals surface area (Å²) in [5, 5.41) is 0. The highest BCUT2D eigenvalue weighted by molar-refractivity contribution is 7.85. The lowest BCUT2D eigenvalue weighted by atomic mass is 10.8. The van der Waals surface area contributed by atoms with Crippen LogP contribution in [-0.4, -0.2) is 51.5 Å². The first-order valence-electron chi connectivity index (χ1n) is 3.16. The predicted octanol–water partition coefficient (Wildman–Crippen LogP) is -0.813. The van der Waals surface area contributed by atoms with Crippen LogP contribution < -0.4 is 0 Å². The molecule has 94 valence electrons. The predicted molar refractivity (Wildman–Crippen MR) is 52.6 cm³/mol. The molecule has 15 heavy (non-hydrogen) atoms. The lowest BCUT2D eigenvalue weighted by Crippen LogP contribution is -1.88. The van der Waals surface area contributed by atoms with Crippen LogP contribution in [0.25, 0.3) is 0 Å². The van der Waals surface area contributed by atoms with E-state index in [4.69, 9.17) is 9.11 Å². The molecule has 0 amide bonds. The molecule has 0 aromatic heterocycles. The molecule has 0 aromatic rings. The molecule has 2 N–H and O–H groups in total. The number of hydrogen-bond donors (Lipinski definition) is 2. The highest BCUT2D eigenvalue weighted by atomic mass is 32.2. The molecule has 0 saturated carbocycles. The number of carbonyl (C=O) groups is 1. The van der Waals surface area contributed by atoms with Crippen molar-refractivity contribution in [2.45, 2.75) is 6.92 Å². The zero-order chi connectivity index (χ0) is 13.3. The average Bonchev–Trinajstić information content (AvgIpc) is 1.79. The first kappa shape index (κ1) is 19.8. The van der Waals surface area contributed by atoms with Crippen LogP contribution in [0.3, 0.4) is 0 Å². The Morgan fingerprint density at radius 3 is 1.07 bits per heavy atom. The number of carbonyl (C=O) groups excluding carboxylic acids is 1. The van der Waals surface area contributed by atoms with E-state index in [1.165, 1.54) is 14.0 Å². The number of ether oxygens (including phenoxy) is 1. The van der Waals surface area contributed by atoms with Crippen molar-refractivity contribution in [1.82, 2.24) is 0 Å². The Morgan fingerprint density at radius 2 is 1.07 bits per heavy atom. The maximum Gasteiger partial charge on any atom is 0.302 e. The number of esters is 1. The average molecular weight is 266 g/mol. The second-order valence-corrected chi connectivity index (χ2v) is 5.09. The van der Waals surface area contributed by atoms with Crippen molar-refractivity contribution in [3.8, 4) is 0 Å². The third-order valence-corrected chi connectivity index (χ3v) is 0.287. The van der Waals surface area contributed by atoms with Crippen LogP contribution in [0.1, 0.15) is 6.92 Å². The van der Waals surface area contributed by atoms with Crippen LogP contribution in [0, 0.1) is 0 Å². The Labute approximate surface area is 88.7 Å². The molecule has 0 saturated heterocycles. The fraction of sp³-hybridized carbons (Fsp3) is 0.800. The van der Waals surface area contributed by atoms with Gasteiger partial charge in [0.25, 0.3) is 20.2 Å². The zero-order valence-corrected chi connectivity index (χ0v) is 10.3. The molecule has 0 heterocycles. The van der Waals surface area contributed by atoms with Gasteiger partial charge in [-0.05, 0) is 0 Å². The molecule has 8 nitrogen and oxygen atoms in total. The molecule has 0 unspecified atom stereocenters. The second kappa shape index (κ2) is 8.59. The standard InChI is InChI=1S/C3H6O2.2CH4O3S/c1-3(4)5-2;2*1-5(2,3)4/h1-2H3;2*1H3,(H,2,3,4). The Bertz CT molecular complexity index is 304. The van der Waals surface area contributed by atoms with E-state index in [0.29, 0.717) is 12.5 Å². The Morgan fingerprint density at radius 1 is 1.00 bits per heavy atom. The van der Waals surface area contributed by atoms with E-state index in [1.54, 1.807) is 0 Å². The molecule has 0 aromatic carbocycles. The van der Waals surface area contributed by atoms with Crippen LogP contribution in [0.5, 0.6) is 0 Å². The maximum atomic E-state index is 9.59. The fourth-order valence-corrected chi connectivity index (χ4v) is 0. The SMILES string of the molecule is COC(C)=O.CS(=O)(=O)O.CS(=O)(=O)O. The van der Waals surface area contributed by atoms with Crippen molar-refractivity contribution in [2.24, 2.45) is 0 Å². The Balaban J connectivity index is -0.000000144. The van der Waals surface area contributed by atoms with Crippen molar-refractivity contribution in [1.29, 1.82) is 0 Å². The monoisotopic (exact) mass is 266 g/mol. The van der Waals surface area contributed by atoms with Gasteiger partial charge in [-0.2, -0.15) is 16.8 Å². The summed E-state index contributed by atoms with van der Waals surface area (Å²) in [6.07, 6.45) is 1.43. The molecular weight excluding hydrogens is 252 g/mol. The topological polar surface area (TPSA) is 135 Å². The van der Waals surface area contributed by atoms with Crippen LogP contribution in [-0.2, 0) is 29.8 Å². The summed E-state index contributed by atoms with van der Waals surface area (Å²) in [7, 11) is -5.98. The largest absolute Gasteiger partial charge is 0.469 e. The van der Waals surface area contributed by atoms with Gasteiger partial charge in [0.05, 0.1) is 19.6 Å². The molecule has 0 rings (SSSR count). The van der Waals surface area contributed by atoms with Gasteiger partial charge in [-0.3, -0.25) is 13.9 Å². The Kier molecular flexibility index (Phi) is 11.3. The molecule has 0 spiro atoms. The normalized spacial score (nSPS) is 10.0. The van der Waals surface area contributed by atoms with Gasteiger partial charge in [0.15, 0.2) is 0 Å². The highest BCUT2D eigenvalue weighted by Crippen LogP contribution is 1.61. The third kappa shape index (κ3) is 1020. The van der Waals surface area contributed by atoms with Crippen molar-refractivity contribution in [2.75, 3.05) is 19.6 Å². The van der Waals surface area contributed by atoms with E-state index in [1.807, 2.05) is 0 Å². The van der Waals surface area contributed by atoms with Gasteiger partial charge in [0.1, 0.15) is 0 Å². The number of hydrogen-bond acceptors (Lipinski definition) is 6. The molecule has 0 fully saturated rings. The quantitative estimate of drug-likeness (QED) is 0.429. The number of methoxy groups -OCH3 is 1. The molecule has 10 heteroatoms. The molecule has 0 aliphatic carbocycles.